The zero-order valence-electron chi connectivity index (χ0n) is 16.5. The monoisotopic (exact) mass is 381 g/mol. The van der Waals surface area contributed by atoms with Crippen LogP contribution in [0.3, 0.4) is 0 Å². The molecule has 2 atom stereocenters. The summed E-state index contributed by atoms with van der Waals surface area (Å²) < 4.78 is 7.68. The molecule has 0 radical (unpaired) electrons. The van der Waals surface area contributed by atoms with Crippen molar-refractivity contribution in [2.24, 2.45) is 0 Å². The summed E-state index contributed by atoms with van der Waals surface area (Å²) in [6.45, 7) is 2.50. The number of piperidine rings is 1. The molecule has 0 bridgehead atoms. The quantitative estimate of drug-likeness (QED) is 0.746. The number of hydrogen-bond acceptors (Lipinski definition) is 4. The van der Waals surface area contributed by atoms with E-state index < -0.39 is 0 Å². The summed E-state index contributed by atoms with van der Waals surface area (Å²) in [7, 11) is 1.82. The molecule has 0 spiro atoms. The first-order valence-electron chi connectivity index (χ1n) is 10.1. The molecule has 1 saturated heterocycles. The molecule has 4 rings (SSSR count). The number of nitrogens with zero attached hydrogens (tertiary/aromatic N) is 3. The van der Waals surface area contributed by atoms with Crippen LogP contribution in [-0.4, -0.2) is 35.3 Å². The Labute approximate surface area is 165 Å². The molecule has 1 fully saturated rings. The van der Waals surface area contributed by atoms with E-state index in [4.69, 9.17) is 4.74 Å². The molecule has 0 saturated carbocycles. The highest BCUT2D eigenvalue weighted by Gasteiger charge is 2.43. The van der Waals surface area contributed by atoms with E-state index in [1.807, 2.05) is 29.9 Å². The van der Waals surface area contributed by atoms with E-state index in [1.54, 1.807) is 11.1 Å². The minimum atomic E-state index is -0.240. The summed E-state index contributed by atoms with van der Waals surface area (Å²) >= 11 is 0. The Morgan fingerprint density at radius 3 is 2.64 bits per heavy atom. The molecule has 6 heteroatoms. The van der Waals surface area contributed by atoms with E-state index >= 15 is 0 Å². The summed E-state index contributed by atoms with van der Waals surface area (Å²) in [5.74, 6) is 0.0165. The van der Waals surface area contributed by atoms with Crippen molar-refractivity contribution >= 4 is 5.91 Å². The van der Waals surface area contributed by atoms with Crippen LogP contribution in [0.1, 0.15) is 61.1 Å². The molecule has 1 aromatic heterocycles. The summed E-state index contributed by atoms with van der Waals surface area (Å²) in [5.41, 5.74) is 1.31. The number of aromatic nitrogens is 1. The number of benzene rings is 1. The van der Waals surface area contributed by atoms with Crippen molar-refractivity contribution in [2.45, 2.75) is 51.2 Å². The second-order valence-electron chi connectivity index (χ2n) is 7.54. The van der Waals surface area contributed by atoms with E-state index in [-0.39, 0.29) is 29.3 Å². The Balaban J connectivity index is 1.83. The maximum atomic E-state index is 13.2. The Morgan fingerprint density at radius 1 is 1.11 bits per heavy atom. The normalized spacial score (nSPS) is 21.3. The summed E-state index contributed by atoms with van der Waals surface area (Å²) in [6.07, 6.45) is 6.45. The fraction of sp³-hybridized carbons (Fsp3) is 0.455. The van der Waals surface area contributed by atoms with Gasteiger partial charge in [0.25, 0.3) is 5.91 Å². The van der Waals surface area contributed by atoms with Gasteiger partial charge in [-0.25, -0.2) is 0 Å². The van der Waals surface area contributed by atoms with Crippen LogP contribution < -0.4 is 15.2 Å². The number of hydrogen-bond donors (Lipinski definition) is 0. The Morgan fingerprint density at radius 2 is 1.89 bits per heavy atom. The van der Waals surface area contributed by atoms with Gasteiger partial charge in [-0.3, -0.25) is 19.3 Å². The number of ether oxygens (including phenoxy) is 1. The molecule has 2 aliphatic heterocycles. The maximum Gasteiger partial charge on any atom is 0.277 e. The molecule has 2 aliphatic rings. The highest BCUT2D eigenvalue weighted by Crippen LogP contribution is 2.38. The lowest BCUT2D eigenvalue weighted by Crippen LogP contribution is -2.62. The lowest BCUT2D eigenvalue weighted by atomic mass is 9.93. The largest absolute Gasteiger partial charge is 0.487 e. The SMILES string of the molecule is CCCCOc1c2n(ccc1=O)N1C(c3ccccc3)CCCC1N(C)C2=O. The summed E-state index contributed by atoms with van der Waals surface area (Å²) in [6, 6.07) is 12.0. The van der Waals surface area contributed by atoms with E-state index in [9.17, 15) is 9.59 Å². The highest BCUT2D eigenvalue weighted by atomic mass is 16.5. The van der Waals surface area contributed by atoms with Crippen molar-refractivity contribution in [1.29, 1.82) is 0 Å². The first-order valence-corrected chi connectivity index (χ1v) is 10.1. The van der Waals surface area contributed by atoms with E-state index in [0.717, 1.165) is 32.1 Å². The molecular weight excluding hydrogens is 354 g/mol. The van der Waals surface area contributed by atoms with Gasteiger partial charge in [-0.2, -0.15) is 0 Å². The topological polar surface area (TPSA) is 54.8 Å². The molecule has 28 heavy (non-hydrogen) atoms. The third-order valence-corrected chi connectivity index (χ3v) is 5.75. The Kier molecular flexibility index (Phi) is 5.11. The summed E-state index contributed by atoms with van der Waals surface area (Å²) in [4.78, 5) is 27.5. The number of carbonyl (C=O) groups is 1. The van der Waals surface area contributed by atoms with Crippen molar-refractivity contribution in [3.05, 3.63) is 64.1 Å². The van der Waals surface area contributed by atoms with Crippen LogP contribution in [0.4, 0.5) is 0 Å². The molecule has 0 N–H and O–H groups in total. The second-order valence-corrected chi connectivity index (χ2v) is 7.54. The molecule has 148 valence electrons. The second kappa shape index (κ2) is 7.70. The lowest BCUT2D eigenvalue weighted by Gasteiger charge is -2.51. The highest BCUT2D eigenvalue weighted by molar-refractivity contribution is 5.96. The standard InChI is InChI=1S/C22H27N3O3/c1-3-4-15-28-21-18(26)13-14-24-20(21)22(27)23(2)19-12-8-11-17(25(19)24)16-9-6-5-7-10-16/h5-7,9-10,13-14,17,19H,3-4,8,11-12,15H2,1-2H3. The lowest BCUT2D eigenvalue weighted by molar-refractivity contribution is 0.0550. The molecule has 1 amide bonds. The maximum absolute atomic E-state index is 13.2. The van der Waals surface area contributed by atoms with Crippen LogP contribution in [0.2, 0.25) is 0 Å². The van der Waals surface area contributed by atoms with Gasteiger partial charge < -0.3 is 9.64 Å². The molecule has 1 aromatic carbocycles. The molecular formula is C22H27N3O3. The van der Waals surface area contributed by atoms with Crippen LogP contribution in [0.5, 0.6) is 5.75 Å². The van der Waals surface area contributed by atoms with Gasteiger partial charge in [0.1, 0.15) is 6.17 Å². The van der Waals surface area contributed by atoms with Crippen LogP contribution in [-0.2, 0) is 0 Å². The third-order valence-electron chi connectivity index (χ3n) is 5.75. The summed E-state index contributed by atoms with van der Waals surface area (Å²) in [5, 5.41) is 2.24. The number of pyridine rings is 1. The Bertz CT molecular complexity index is 909. The van der Waals surface area contributed by atoms with Crippen LogP contribution in [0, 0.1) is 0 Å². The van der Waals surface area contributed by atoms with E-state index in [0.29, 0.717) is 12.3 Å². The average Bonchev–Trinajstić information content (AvgIpc) is 2.73. The number of unbranched alkanes of at least 4 members (excludes halogenated alkanes) is 1. The number of rotatable bonds is 5. The van der Waals surface area contributed by atoms with Gasteiger partial charge in [-0.05, 0) is 31.2 Å². The number of carbonyl (C=O) groups excluding carboxylic acids is 1. The van der Waals surface area contributed by atoms with Crippen LogP contribution >= 0.6 is 0 Å². The molecule has 0 aliphatic carbocycles. The first kappa shape index (κ1) is 18.6. The zero-order chi connectivity index (χ0) is 19.7. The van der Waals surface area contributed by atoms with Crippen molar-refractivity contribution in [2.75, 3.05) is 18.7 Å². The molecule has 2 unspecified atom stereocenters. The van der Waals surface area contributed by atoms with Crippen molar-refractivity contribution in [1.82, 2.24) is 9.58 Å². The minimum Gasteiger partial charge on any atom is -0.487 e. The van der Waals surface area contributed by atoms with E-state index in [1.165, 1.54) is 11.6 Å². The van der Waals surface area contributed by atoms with Gasteiger partial charge in [0.2, 0.25) is 5.43 Å². The predicted molar refractivity (Wildman–Crippen MR) is 108 cm³/mol. The van der Waals surface area contributed by atoms with Crippen LogP contribution in [0.15, 0.2) is 47.4 Å². The molecule has 2 aromatic rings. The van der Waals surface area contributed by atoms with Crippen molar-refractivity contribution in [3.8, 4) is 5.75 Å². The molecule has 3 heterocycles. The fourth-order valence-corrected chi connectivity index (χ4v) is 4.28. The fourth-order valence-electron chi connectivity index (χ4n) is 4.28. The van der Waals surface area contributed by atoms with E-state index in [2.05, 4.69) is 24.1 Å². The van der Waals surface area contributed by atoms with Gasteiger partial charge in [-0.15, -0.1) is 0 Å². The van der Waals surface area contributed by atoms with Crippen molar-refractivity contribution < 1.29 is 9.53 Å². The smallest absolute Gasteiger partial charge is 0.277 e. The van der Waals surface area contributed by atoms with Crippen molar-refractivity contribution in [3.63, 3.8) is 0 Å². The van der Waals surface area contributed by atoms with Gasteiger partial charge >= 0.3 is 0 Å². The van der Waals surface area contributed by atoms with Crippen LogP contribution in [0.25, 0.3) is 0 Å². The van der Waals surface area contributed by atoms with Gasteiger partial charge in [0.15, 0.2) is 11.4 Å². The minimum absolute atomic E-state index is 0.0371. The molecule has 6 nitrogen and oxygen atoms in total. The Hall–Kier alpha value is -2.76. The predicted octanol–water partition coefficient (Wildman–Crippen LogP) is 3.30. The zero-order valence-corrected chi connectivity index (χ0v) is 16.5. The number of fused-ring (bicyclic) bond motifs is 3. The number of amides is 1. The van der Waals surface area contributed by atoms with Gasteiger partial charge in [0, 0.05) is 19.3 Å². The third kappa shape index (κ3) is 3.07. The average molecular weight is 381 g/mol. The van der Waals surface area contributed by atoms with Gasteiger partial charge in [0.05, 0.1) is 12.6 Å². The van der Waals surface area contributed by atoms with Gasteiger partial charge in [-0.1, -0.05) is 43.7 Å². The first-order chi connectivity index (χ1) is 13.6.